The maximum Gasteiger partial charge on any atom is 0.300 e. The zero-order chi connectivity index (χ0) is 25.4. The highest BCUT2D eigenvalue weighted by molar-refractivity contribution is 6.51. The van der Waals surface area contributed by atoms with Gasteiger partial charge in [0.25, 0.3) is 11.7 Å². The molecule has 7 heteroatoms. The van der Waals surface area contributed by atoms with Gasteiger partial charge in [-0.3, -0.25) is 14.5 Å². The van der Waals surface area contributed by atoms with Crippen molar-refractivity contribution in [3.8, 4) is 11.5 Å². The highest BCUT2D eigenvalue weighted by Gasteiger charge is 2.47. The number of anilines is 2. The molecule has 3 aromatic carbocycles. The number of aliphatic hydroxyl groups excluding tert-OH is 1. The van der Waals surface area contributed by atoms with Gasteiger partial charge in [-0.05, 0) is 72.6 Å². The molecule has 1 saturated heterocycles. The van der Waals surface area contributed by atoms with Crippen molar-refractivity contribution in [3.05, 3.63) is 89.0 Å². The Labute approximate surface area is 210 Å². The quantitative estimate of drug-likeness (QED) is 0.310. The van der Waals surface area contributed by atoms with Crippen LogP contribution in [0.15, 0.2) is 72.3 Å². The van der Waals surface area contributed by atoms with E-state index < -0.39 is 17.7 Å². The molecule has 2 aliphatic heterocycles. The monoisotopic (exact) mass is 484 g/mol. The lowest BCUT2D eigenvalue weighted by atomic mass is 9.94. The summed E-state index contributed by atoms with van der Waals surface area (Å²) in [5.41, 5.74) is 3.76. The van der Waals surface area contributed by atoms with E-state index in [1.807, 2.05) is 56.3 Å². The Balaban J connectivity index is 1.65. The number of hydrogen-bond acceptors (Lipinski definition) is 6. The van der Waals surface area contributed by atoms with Crippen molar-refractivity contribution in [3.63, 3.8) is 0 Å². The fourth-order valence-electron chi connectivity index (χ4n) is 4.73. The summed E-state index contributed by atoms with van der Waals surface area (Å²) in [5.74, 6) is -0.160. The van der Waals surface area contributed by atoms with Crippen LogP contribution in [0.5, 0.6) is 11.5 Å². The van der Waals surface area contributed by atoms with E-state index >= 15 is 0 Å². The Morgan fingerprint density at radius 1 is 1.06 bits per heavy atom. The number of Topliss-reactive ketones (excluding diaryl/α,β-unsaturated/α-hetero) is 1. The Morgan fingerprint density at radius 3 is 2.44 bits per heavy atom. The van der Waals surface area contributed by atoms with Gasteiger partial charge in [-0.2, -0.15) is 0 Å². The molecule has 184 valence electrons. The number of aliphatic hydroxyl groups is 1. The van der Waals surface area contributed by atoms with Crippen molar-refractivity contribution in [1.29, 1.82) is 0 Å². The summed E-state index contributed by atoms with van der Waals surface area (Å²) in [4.78, 5) is 30.2. The van der Waals surface area contributed by atoms with Gasteiger partial charge in [-0.25, -0.2) is 0 Å². The summed E-state index contributed by atoms with van der Waals surface area (Å²) in [6.45, 7) is 3.00. The molecule has 0 spiro atoms. The smallest absolute Gasteiger partial charge is 0.300 e. The number of rotatable bonds is 6. The molecule has 0 bridgehead atoms. The standard InChI is InChI=1S/C29H28N2O5/c1-4-35-23-12-10-22(11-13-23)31-26(18-5-8-21(9-6-18)30(2)3)25(28(33)29(31)34)27(32)20-7-14-24-19(17-20)15-16-36-24/h5-14,17,26,32H,4,15-16H2,1-3H3/b27-25-. The molecule has 36 heavy (non-hydrogen) atoms. The van der Waals surface area contributed by atoms with Crippen LogP contribution in [0, 0.1) is 0 Å². The van der Waals surface area contributed by atoms with Gasteiger partial charge in [0.1, 0.15) is 17.3 Å². The van der Waals surface area contributed by atoms with Gasteiger partial charge in [0.05, 0.1) is 24.8 Å². The van der Waals surface area contributed by atoms with Gasteiger partial charge in [0.15, 0.2) is 0 Å². The topological polar surface area (TPSA) is 79.3 Å². The normalized spacial score (nSPS) is 18.2. The minimum Gasteiger partial charge on any atom is -0.507 e. The minimum absolute atomic E-state index is 0.0605. The molecule has 0 saturated carbocycles. The summed E-state index contributed by atoms with van der Waals surface area (Å²) in [6.07, 6.45) is 0.729. The average Bonchev–Trinajstić information content (AvgIpc) is 3.46. The van der Waals surface area contributed by atoms with Gasteiger partial charge in [-0.15, -0.1) is 0 Å². The van der Waals surface area contributed by atoms with Crippen molar-refractivity contribution >= 4 is 28.8 Å². The van der Waals surface area contributed by atoms with Crippen molar-refractivity contribution in [1.82, 2.24) is 0 Å². The van der Waals surface area contributed by atoms with Gasteiger partial charge in [0.2, 0.25) is 0 Å². The van der Waals surface area contributed by atoms with E-state index in [1.54, 1.807) is 36.4 Å². The average molecular weight is 485 g/mol. The summed E-state index contributed by atoms with van der Waals surface area (Å²) in [5, 5.41) is 11.4. The first-order valence-electron chi connectivity index (χ1n) is 12.0. The van der Waals surface area contributed by atoms with Gasteiger partial charge in [-0.1, -0.05) is 12.1 Å². The number of benzene rings is 3. The highest BCUT2D eigenvalue weighted by Crippen LogP contribution is 2.43. The number of hydrogen-bond donors (Lipinski definition) is 1. The third-order valence-corrected chi connectivity index (χ3v) is 6.56. The number of fused-ring (bicyclic) bond motifs is 1. The van der Waals surface area contributed by atoms with E-state index in [0.29, 0.717) is 30.2 Å². The number of amides is 1. The van der Waals surface area contributed by atoms with E-state index in [9.17, 15) is 14.7 Å². The Kier molecular flexibility index (Phi) is 6.14. The van der Waals surface area contributed by atoms with E-state index in [0.717, 1.165) is 29.0 Å². The molecular formula is C29H28N2O5. The first-order valence-corrected chi connectivity index (χ1v) is 12.0. The van der Waals surface area contributed by atoms with Crippen molar-refractivity contribution in [2.45, 2.75) is 19.4 Å². The van der Waals surface area contributed by atoms with Crippen LogP contribution in [0.3, 0.4) is 0 Å². The molecule has 2 heterocycles. The molecule has 1 atom stereocenters. The van der Waals surface area contributed by atoms with Crippen LogP contribution in [0.25, 0.3) is 5.76 Å². The Hall–Kier alpha value is -4.26. The van der Waals surface area contributed by atoms with Crippen LogP contribution in [-0.4, -0.2) is 44.1 Å². The van der Waals surface area contributed by atoms with Crippen LogP contribution in [0.2, 0.25) is 0 Å². The van der Waals surface area contributed by atoms with Crippen LogP contribution >= 0.6 is 0 Å². The molecule has 7 nitrogen and oxygen atoms in total. The fourth-order valence-corrected chi connectivity index (χ4v) is 4.73. The number of nitrogens with zero attached hydrogens (tertiary/aromatic N) is 2. The lowest BCUT2D eigenvalue weighted by Gasteiger charge is -2.26. The molecular weight excluding hydrogens is 456 g/mol. The number of carbonyl (C=O) groups excluding carboxylic acids is 2. The largest absolute Gasteiger partial charge is 0.507 e. The third kappa shape index (κ3) is 4.06. The maximum atomic E-state index is 13.4. The predicted octanol–water partition coefficient (Wildman–Crippen LogP) is 4.71. The van der Waals surface area contributed by atoms with Crippen LogP contribution in [-0.2, 0) is 16.0 Å². The zero-order valence-electron chi connectivity index (χ0n) is 20.5. The third-order valence-electron chi connectivity index (χ3n) is 6.56. The van der Waals surface area contributed by atoms with Crippen LogP contribution in [0.1, 0.15) is 29.7 Å². The second-order valence-electron chi connectivity index (χ2n) is 9.00. The molecule has 3 aromatic rings. The maximum absolute atomic E-state index is 13.4. The molecule has 1 unspecified atom stereocenters. The lowest BCUT2D eigenvalue weighted by molar-refractivity contribution is -0.132. The summed E-state index contributed by atoms with van der Waals surface area (Å²) < 4.78 is 11.1. The molecule has 1 fully saturated rings. The van der Waals surface area contributed by atoms with Crippen molar-refractivity contribution in [2.75, 3.05) is 37.1 Å². The van der Waals surface area contributed by atoms with Gasteiger partial charge >= 0.3 is 0 Å². The van der Waals surface area contributed by atoms with E-state index in [4.69, 9.17) is 9.47 Å². The van der Waals surface area contributed by atoms with Crippen LogP contribution < -0.4 is 19.3 Å². The molecule has 2 aliphatic rings. The van der Waals surface area contributed by atoms with Gasteiger partial charge in [0, 0.05) is 37.5 Å². The zero-order valence-corrected chi connectivity index (χ0v) is 20.5. The Bertz CT molecular complexity index is 1340. The second-order valence-corrected chi connectivity index (χ2v) is 9.00. The fraction of sp³-hybridized carbons (Fsp3) is 0.241. The second kappa shape index (κ2) is 9.41. The molecule has 0 aromatic heterocycles. The number of carbonyl (C=O) groups is 2. The van der Waals surface area contributed by atoms with Crippen molar-refractivity contribution in [2.24, 2.45) is 0 Å². The molecule has 5 rings (SSSR count). The summed E-state index contributed by atoms with van der Waals surface area (Å²) >= 11 is 0. The number of ketones is 1. The minimum atomic E-state index is -0.788. The SMILES string of the molecule is CCOc1ccc(N2C(=O)C(=O)/C(=C(\O)c3ccc4c(c3)CCO4)C2c2ccc(N(C)C)cc2)cc1. The first-order chi connectivity index (χ1) is 17.4. The van der Waals surface area contributed by atoms with E-state index in [-0.39, 0.29) is 11.3 Å². The predicted molar refractivity (Wildman–Crippen MR) is 139 cm³/mol. The first kappa shape index (κ1) is 23.5. The lowest BCUT2D eigenvalue weighted by Crippen LogP contribution is -2.29. The molecule has 1 amide bonds. The van der Waals surface area contributed by atoms with E-state index in [2.05, 4.69) is 0 Å². The highest BCUT2D eigenvalue weighted by atomic mass is 16.5. The van der Waals surface area contributed by atoms with Gasteiger partial charge < -0.3 is 19.5 Å². The Morgan fingerprint density at radius 2 is 1.78 bits per heavy atom. The number of ether oxygens (including phenoxy) is 2. The van der Waals surface area contributed by atoms with Crippen LogP contribution in [0.4, 0.5) is 11.4 Å². The van der Waals surface area contributed by atoms with E-state index in [1.165, 1.54) is 4.90 Å². The molecule has 0 radical (unpaired) electrons. The van der Waals surface area contributed by atoms with Crippen molar-refractivity contribution < 1.29 is 24.2 Å². The molecule has 0 aliphatic carbocycles. The molecule has 1 N–H and O–H groups in total. The summed E-state index contributed by atoms with van der Waals surface area (Å²) in [7, 11) is 3.89. The summed E-state index contributed by atoms with van der Waals surface area (Å²) in [6, 6.07) is 19.2.